The molecule has 114 valence electrons. The molecule has 4 nitrogen and oxygen atoms in total. The Bertz CT molecular complexity index is 565. The van der Waals surface area contributed by atoms with Gasteiger partial charge in [0.1, 0.15) is 7.85 Å². The Hall–Kier alpha value is -0.705. The number of aromatic nitrogens is 2. The summed E-state index contributed by atoms with van der Waals surface area (Å²) in [6.45, 7) is 4.47. The van der Waals surface area contributed by atoms with E-state index in [-0.39, 0.29) is 10.2 Å². The molecule has 1 N–H and O–H groups in total. The van der Waals surface area contributed by atoms with E-state index < -0.39 is 0 Å². The normalized spacial score (nSPS) is 24.8. The molecule has 3 heterocycles. The molecule has 2 aliphatic rings. The third-order valence-corrected chi connectivity index (χ3v) is 5.23. The van der Waals surface area contributed by atoms with E-state index in [9.17, 15) is 0 Å². The van der Waals surface area contributed by atoms with Crippen molar-refractivity contribution < 1.29 is 0 Å². The Kier molecular flexibility index (Phi) is 4.23. The lowest BCUT2D eigenvalue weighted by Gasteiger charge is -2.30. The summed E-state index contributed by atoms with van der Waals surface area (Å²) in [6, 6.07) is 0. The zero-order chi connectivity index (χ0) is 17.0. The van der Waals surface area contributed by atoms with Crippen molar-refractivity contribution in [2.24, 2.45) is 11.8 Å². The lowest BCUT2D eigenvalue weighted by molar-refractivity contribution is 0.533. The van der Waals surface area contributed by atoms with Crippen LogP contribution in [0.15, 0.2) is 0 Å². The minimum Gasteiger partial charge on any atom is -0.340 e. The predicted molar refractivity (Wildman–Crippen MR) is 117 cm³/mol. The quantitative estimate of drug-likeness (QED) is 0.563. The molecular weight excluding hydrogens is 276 g/mol. The van der Waals surface area contributed by atoms with Gasteiger partial charge in [0.05, 0.1) is 47.1 Å². The summed E-state index contributed by atoms with van der Waals surface area (Å²) in [5, 5.41) is 3.59. The van der Waals surface area contributed by atoms with E-state index in [0.717, 1.165) is 44.0 Å². The van der Waals surface area contributed by atoms with E-state index in [1.54, 1.807) is 0 Å². The average molecular weight is 301 g/mol. The number of hydrogen-bond acceptors (Lipinski definition) is 4. The number of nitrogens with one attached hydrogen (secondary N) is 1. The zero-order valence-electron chi connectivity index (χ0n) is 15.8. The van der Waals surface area contributed by atoms with Crippen LogP contribution in [0.4, 0.5) is 5.95 Å². The maximum atomic E-state index is 5.02. The fraction of sp³-hybridized carbons (Fsp3) is 0.667. The van der Waals surface area contributed by atoms with Crippen LogP contribution in [-0.2, 0) is 10.2 Å². The van der Waals surface area contributed by atoms with Crippen molar-refractivity contribution in [1.29, 1.82) is 0 Å². The highest BCUT2D eigenvalue weighted by molar-refractivity contribution is 6.62. The van der Waals surface area contributed by atoms with Crippen molar-refractivity contribution in [3.63, 3.8) is 0 Å². The van der Waals surface area contributed by atoms with Crippen LogP contribution in [0, 0.1) is 11.8 Å². The van der Waals surface area contributed by atoms with Gasteiger partial charge in [-0.05, 0) is 17.3 Å². The maximum absolute atomic E-state index is 5.02. The van der Waals surface area contributed by atoms with Crippen LogP contribution < -0.4 is 15.7 Å². The molecule has 1 aromatic rings. The van der Waals surface area contributed by atoms with Gasteiger partial charge >= 0.3 is 0 Å². The van der Waals surface area contributed by atoms with Crippen molar-refractivity contribution in [2.45, 2.75) is 10.2 Å². The first-order valence-electron chi connectivity index (χ1n) is 8.92. The minimum absolute atomic E-state index is 0.0406. The molecule has 0 aliphatic carbocycles. The van der Waals surface area contributed by atoms with Crippen LogP contribution in [0.1, 0.15) is 11.4 Å². The second kappa shape index (κ2) is 5.68. The number of fused-ring (bicyclic) bond motifs is 1. The van der Waals surface area contributed by atoms with Crippen LogP contribution in [0.3, 0.4) is 0 Å². The van der Waals surface area contributed by atoms with Crippen molar-refractivity contribution in [3.8, 4) is 0 Å². The summed E-state index contributed by atoms with van der Waals surface area (Å²) in [7, 11) is 15.7. The van der Waals surface area contributed by atoms with Gasteiger partial charge in [0.15, 0.2) is 0 Å². The highest BCUT2D eigenvalue weighted by atomic mass is 15.3. The van der Waals surface area contributed by atoms with Crippen LogP contribution in [0.25, 0.3) is 0 Å². The van der Waals surface area contributed by atoms with E-state index in [4.69, 9.17) is 9.97 Å². The molecular formula is C12H25B7N4. The molecule has 2 saturated heterocycles. The Labute approximate surface area is 146 Å². The summed E-state index contributed by atoms with van der Waals surface area (Å²) in [5.74, 6) is 2.46. The van der Waals surface area contributed by atoms with Crippen LogP contribution in [0.2, 0.25) is 0 Å². The van der Waals surface area contributed by atoms with E-state index >= 15 is 0 Å². The monoisotopic (exact) mass is 302 g/mol. The lowest BCUT2D eigenvalue weighted by Crippen LogP contribution is -2.43. The summed E-state index contributed by atoms with van der Waals surface area (Å²) in [6.07, 6.45) is 0. The highest BCUT2D eigenvalue weighted by Crippen LogP contribution is 2.29. The largest absolute Gasteiger partial charge is 0.340 e. The Morgan fingerprint density at radius 2 is 1.30 bits per heavy atom. The zero-order valence-corrected chi connectivity index (χ0v) is 15.8. The Balaban J connectivity index is 2.04. The van der Waals surface area contributed by atoms with Crippen molar-refractivity contribution in [2.75, 3.05) is 31.1 Å². The molecule has 0 bridgehead atoms. The summed E-state index contributed by atoms with van der Waals surface area (Å²) >= 11 is 0. The van der Waals surface area contributed by atoms with Crippen molar-refractivity contribution >= 4 is 66.3 Å². The van der Waals surface area contributed by atoms with Crippen LogP contribution >= 0.6 is 0 Å². The fourth-order valence-electron chi connectivity index (χ4n) is 4.13. The maximum Gasteiger partial charge on any atom is 0.225 e. The number of rotatable bonds is 3. The SMILES string of the molecule is Bc1c(C(B)(B)B)nc(N2CC3CNCC3C2)nc1C(B)(B)B. The van der Waals surface area contributed by atoms with E-state index in [2.05, 4.69) is 65.1 Å². The van der Waals surface area contributed by atoms with E-state index in [0.29, 0.717) is 0 Å². The molecule has 1 aromatic heterocycles. The molecule has 23 heavy (non-hydrogen) atoms. The summed E-state index contributed by atoms with van der Waals surface area (Å²) < 4.78 is 0. The van der Waals surface area contributed by atoms with Gasteiger partial charge in [-0.1, -0.05) is 10.2 Å². The number of nitrogens with zero attached hydrogens (tertiary/aromatic N) is 3. The molecule has 0 aromatic carbocycles. The molecule has 0 amide bonds. The van der Waals surface area contributed by atoms with Gasteiger partial charge in [0.25, 0.3) is 0 Å². The molecule has 11 heteroatoms. The predicted octanol–water partition coefficient (Wildman–Crippen LogP) is -7.59. The topological polar surface area (TPSA) is 41.1 Å². The molecule has 0 spiro atoms. The van der Waals surface area contributed by atoms with Gasteiger partial charge in [0, 0.05) is 37.6 Å². The third-order valence-electron chi connectivity index (χ3n) is 5.23. The first kappa shape index (κ1) is 17.1. The summed E-state index contributed by atoms with van der Waals surface area (Å²) in [5.41, 5.74) is 3.65. The first-order chi connectivity index (χ1) is 10.6. The van der Waals surface area contributed by atoms with Gasteiger partial charge in [-0.15, -0.1) is 0 Å². The molecule has 2 unspecified atom stereocenters. The third kappa shape index (κ3) is 3.26. The van der Waals surface area contributed by atoms with Gasteiger partial charge in [-0.2, -0.15) is 0 Å². The average Bonchev–Trinajstić information content (AvgIpc) is 2.96. The van der Waals surface area contributed by atoms with E-state index in [1.165, 1.54) is 16.9 Å². The highest BCUT2D eigenvalue weighted by Gasteiger charge is 2.38. The van der Waals surface area contributed by atoms with Gasteiger partial charge in [-0.3, -0.25) is 0 Å². The molecule has 3 rings (SSSR count). The second-order valence-electron chi connectivity index (χ2n) is 9.43. The van der Waals surface area contributed by atoms with Crippen molar-refractivity contribution in [3.05, 3.63) is 11.4 Å². The standard InChI is InChI=1S/C12H25B7N4/c13-7-8(11(14,15)16)21-10(22-9(7)12(17,18)19)23-3-5-1-20-2-6(5)4-23/h5-6,20H,1-4,13-19H2. The number of anilines is 1. The van der Waals surface area contributed by atoms with Crippen LogP contribution in [-0.4, -0.2) is 91.1 Å². The summed E-state index contributed by atoms with van der Waals surface area (Å²) in [4.78, 5) is 12.5. The van der Waals surface area contributed by atoms with Gasteiger partial charge < -0.3 is 10.2 Å². The molecule has 0 saturated carbocycles. The minimum atomic E-state index is 0.0406. The number of hydrogen-bond donors (Lipinski definition) is 1. The second-order valence-corrected chi connectivity index (χ2v) is 9.43. The van der Waals surface area contributed by atoms with Crippen LogP contribution in [0.5, 0.6) is 0 Å². The Morgan fingerprint density at radius 3 is 1.70 bits per heavy atom. The molecule has 2 aliphatic heterocycles. The fourth-order valence-corrected chi connectivity index (χ4v) is 4.13. The smallest absolute Gasteiger partial charge is 0.225 e. The lowest BCUT2D eigenvalue weighted by atomic mass is 9.37. The Morgan fingerprint density at radius 1 is 0.870 bits per heavy atom. The van der Waals surface area contributed by atoms with E-state index in [1.807, 2.05) is 0 Å². The van der Waals surface area contributed by atoms with Crippen molar-refractivity contribution in [1.82, 2.24) is 15.3 Å². The van der Waals surface area contributed by atoms with Gasteiger partial charge in [-0.25, -0.2) is 9.97 Å². The first-order valence-corrected chi connectivity index (χ1v) is 8.92. The van der Waals surface area contributed by atoms with Gasteiger partial charge in [0.2, 0.25) is 5.95 Å². The molecule has 2 fully saturated rings. The molecule has 0 radical (unpaired) electrons. The molecule has 2 atom stereocenters.